The number of carbonyl (C=O) groups excluding carboxylic acids is 1. The largest absolute Gasteiger partial charge is 0.398 e. The third-order valence-corrected chi connectivity index (χ3v) is 3.77. The number of rotatable bonds is 3. The summed E-state index contributed by atoms with van der Waals surface area (Å²) in [6.45, 7) is 2.05. The molecule has 2 N–H and O–H groups in total. The molecule has 0 atom stereocenters. The molecule has 0 fully saturated rings. The minimum absolute atomic E-state index is 0.175. The van der Waals surface area contributed by atoms with Gasteiger partial charge in [-0.2, -0.15) is 5.10 Å². The van der Waals surface area contributed by atoms with Crippen molar-refractivity contribution in [3.05, 3.63) is 47.8 Å². The third kappa shape index (κ3) is 2.52. The van der Waals surface area contributed by atoms with Crippen molar-refractivity contribution < 1.29 is 4.79 Å². The quantitative estimate of drug-likeness (QED) is 0.858. The van der Waals surface area contributed by atoms with Crippen molar-refractivity contribution in [1.82, 2.24) is 14.7 Å². The topological polar surface area (TPSA) is 64.2 Å². The van der Waals surface area contributed by atoms with Gasteiger partial charge in [-0.15, -0.1) is 0 Å². The lowest BCUT2D eigenvalue weighted by Gasteiger charge is -2.29. The van der Waals surface area contributed by atoms with Gasteiger partial charge in [0.15, 0.2) is 0 Å². The number of hydrogen-bond donors (Lipinski definition) is 1. The Labute approximate surface area is 118 Å². The summed E-state index contributed by atoms with van der Waals surface area (Å²) in [4.78, 5) is 14.1. The number of hydrogen-bond acceptors (Lipinski definition) is 3. The molecule has 5 heteroatoms. The Hall–Kier alpha value is -2.30. The van der Waals surface area contributed by atoms with E-state index in [1.54, 1.807) is 10.9 Å². The summed E-state index contributed by atoms with van der Waals surface area (Å²) in [6, 6.07) is 7.79. The second-order valence-corrected chi connectivity index (χ2v) is 5.07. The molecule has 3 rings (SSSR count). The molecule has 2 heterocycles. The van der Waals surface area contributed by atoms with Gasteiger partial charge < -0.3 is 10.6 Å². The Morgan fingerprint density at radius 2 is 2.25 bits per heavy atom. The molecule has 0 bridgehead atoms. The molecule has 0 spiro atoms. The number of aryl methyl sites for hydroxylation is 1. The van der Waals surface area contributed by atoms with Crippen LogP contribution in [0.25, 0.3) is 0 Å². The van der Waals surface area contributed by atoms with Crippen molar-refractivity contribution >= 4 is 11.6 Å². The van der Waals surface area contributed by atoms with Crippen molar-refractivity contribution in [3.63, 3.8) is 0 Å². The maximum atomic E-state index is 12.2. The van der Waals surface area contributed by atoms with Crippen LogP contribution in [-0.4, -0.2) is 27.1 Å². The van der Waals surface area contributed by atoms with E-state index in [-0.39, 0.29) is 5.91 Å². The Balaban J connectivity index is 1.63. The van der Waals surface area contributed by atoms with Crippen LogP contribution >= 0.6 is 0 Å². The van der Waals surface area contributed by atoms with Crippen LogP contribution < -0.4 is 5.73 Å². The second kappa shape index (κ2) is 5.36. The molecule has 2 aromatic rings. The molecule has 0 aliphatic carbocycles. The summed E-state index contributed by atoms with van der Waals surface area (Å²) < 4.78 is 1.79. The number of nitrogen functional groups attached to an aromatic ring is 1. The Morgan fingerprint density at radius 3 is 3.05 bits per heavy atom. The average Bonchev–Trinajstić information content (AvgIpc) is 2.98. The van der Waals surface area contributed by atoms with Gasteiger partial charge in [-0.1, -0.05) is 12.1 Å². The summed E-state index contributed by atoms with van der Waals surface area (Å²) in [5.74, 6) is 0.175. The maximum Gasteiger partial charge on any atom is 0.224 e. The molecule has 1 aliphatic rings. The fourth-order valence-corrected chi connectivity index (χ4v) is 2.65. The molecule has 0 unspecified atom stereocenters. The van der Waals surface area contributed by atoms with E-state index in [0.717, 1.165) is 18.7 Å². The van der Waals surface area contributed by atoms with E-state index in [4.69, 9.17) is 5.73 Å². The number of amides is 1. The van der Waals surface area contributed by atoms with E-state index >= 15 is 0 Å². The number of anilines is 1. The third-order valence-electron chi connectivity index (χ3n) is 3.77. The van der Waals surface area contributed by atoms with E-state index < -0.39 is 0 Å². The minimum Gasteiger partial charge on any atom is -0.398 e. The second-order valence-electron chi connectivity index (χ2n) is 5.07. The van der Waals surface area contributed by atoms with Crippen LogP contribution in [0.15, 0.2) is 36.7 Å². The van der Waals surface area contributed by atoms with Gasteiger partial charge in [0.2, 0.25) is 5.91 Å². The van der Waals surface area contributed by atoms with E-state index in [1.165, 1.54) is 11.1 Å². The fourth-order valence-electron chi connectivity index (χ4n) is 2.65. The molecular formula is C15H18N4O. The van der Waals surface area contributed by atoms with Gasteiger partial charge in [-0.25, -0.2) is 0 Å². The molecule has 1 aromatic carbocycles. The van der Waals surface area contributed by atoms with Gasteiger partial charge >= 0.3 is 0 Å². The molecule has 1 amide bonds. The number of nitrogens with two attached hydrogens (primary N) is 1. The highest BCUT2D eigenvalue weighted by Crippen LogP contribution is 2.24. The lowest BCUT2D eigenvalue weighted by molar-refractivity contribution is -0.132. The first kappa shape index (κ1) is 12.7. The molecule has 0 saturated carbocycles. The van der Waals surface area contributed by atoms with Crippen LogP contribution in [0.1, 0.15) is 17.5 Å². The van der Waals surface area contributed by atoms with Gasteiger partial charge in [-0.3, -0.25) is 9.48 Å². The van der Waals surface area contributed by atoms with Crippen molar-refractivity contribution in [3.8, 4) is 0 Å². The maximum absolute atomic E-state index is 12.2. The SMILES string of the molecule is Nc1cccc2c1CCN(C(=O)CCn1cccn1)C2. The number of carbonyl (C=O) groups is 1. The van der Waals surface area contributed by atoms with Gasteiger partial charge in [0.25, 0.3) is 0 Å². The van der Waals surface area contributed by atoms with Gasteiger partial charge in [-0.05, 0) is 29.7 Å². The van der Waals surface area contributed by atoms with Crippen molar-refractivity contribution in [2.24, 2.45) is 0 Å². The Kier molecular flexibility index (Phi) is 3.41. The zero-order valence-electron chi connectivity index (χ0n) is 11.3. The predicted octanol–water partition coefficient (Wildman–Crippen LogP) is 1.44. The molecule has 1 aliphatic heterocycles. The average molecular weight is 270 g/mol. The van der Waals surface area contributed by atoms with Crippen LogP contribution in [0, 0.1) is 0 Å². The molecule has 1 aromatic heterocycles. The zero-order chi connectivity index (χ0) is 13.9. The number of nitrogens with zero attached hydrogens (tertiary/aromatic N) is 3. The van der Waals surface area contributed by atoms with Crippen molar-refractivity contribution in [2.45, 2.75) is 25.9 Å². The summed E-state index contributed by atoms with van der Waals surface area (Å²) in [6.07, 6.45) is 4.93. The lowest BCUT2D eigenvalue weighted by atomic mass is 9.98. The van der Waals surface area contributed by atoms with E-state index in [2.05, 4.69) is 11.2 Å². The summed E-state index contributed by atoms with van der Waals surface area (Å²) in [5, 5.41) is 4.11. The minimum atomic E-state index is 0.175. The van der Waals surface area contributed by atoms with Gasteiger partial charge in [0.05, 0.1) is 0 Å². The van der Waals surface area contributed by atoms with Crippen LogP contribution in [0.5, 0.6) is 0 Å². The lowest BCUT2D eigenvalue weighted by Crippen LogP contribution is -2.36. The first-order chi connectivity index (χ1) is 9.74. The molecule has 104 valence electrons. The first-order valence-corrected chi connectivity index (χ1v) is 6.85. The summed E-state index contributed by atoms with van der Waals surface area (Å²) in [5.41, 5.74) is 9.18. The highest BCUT2D eigenvalue weighted by atomic mass is 16.2. The van der Waals surface area contributed by atoms with E-state index in [1.807, 2.05) is 29.3 Å². The highest BCUT2D eigenvalue weighted by Gasteiger charge is 2.21. The smallest absolute Gasteiger partial charge is 0.224 e. The number of fused-ring (bicyclic) bond motifs is 1. The monoisotopic (exact) mass is 270 g/mol. The molecular weight excluding hydrogens is 252 g/mol. The fraction of sp³-hybridized carbons (Fsp3) is 0.333. The zero-order valence-corrected chi connectivity index (χ0v) is 11.3. The predicted molar refractivity (Wildman–Crippen MR) is 76.8 cm³/mol. The van der Waals surface area contributed by atoms with Crippen molar-refractivity contribution in [1.29, 1.82) is 0 Å². The van der Waals surface area contributed by atoms with E-state index in [0.29, 0.717) is 19.5 Å². The number of benzene rings is 1. The van der Waals surface area contributed by atoms with Gasteiger partial charge in [0, 0.05) is 44.1 Å². The first-order valence-electron chi connectivity index (χ1n) is 6.85. The Morgan fingerprint density at radius 1 is 1.35 bits per heavy atom. The highest BCUT2D eigenvalue weighted by molar-refractivity contribution is 5.76. The summed E-state index contributed by atoms with van der Waals surface area (Å²) in [7, 11) is 0. The normalized spacial score (nSPS) is 14.1. The van der Waals surface area contributed by atoms with Gasteiger partial charge in [0.1, 0.15) is 0 Å². The Bertz CT molecular complexity index is 606. The van der Waals surface area contributed by atoms with Crippen LogP contribution in [0.4, 0.5) is 5.69 Å². The van der Waals surface area contributed by atoms with Crippen LogP contribution in [0.3, 0.4) is 0 Å². The van der Waals surface area contributed by atoms with Crippen LogP contribution in [0.2, 0.25) is 0 Å². The van der Waals surface area contributed by atoms with E-state index in [9.17, 15) is 4.79 Å². The van der Waals surface area contributed by atoms with Crippen LogP contribution in [-0.2, 0) is 24.3 Å². The number of aromatic nitrogens is 2. The standard InChI is InChI=1S/C15H18N4O/c16-14-4-1-3-12-11-18(9-5-13(12)14)15(20)6-10-19-8-2-7-17-19/h1-4,7-8H,5-6,9-11,16H2. The summed E-state index contributed by atoms with van der Waals surface area (Å²) >= 11 is 0. The molecule has 20 heavy (non-hydrogen) atoms. The van der Waals surface area contributed by atoms with Crippen molar-refractivity contribution in [2.75, 3.05) is 12.3 Å². The molecule has 5 nitrogen and oxygen atoms in total. The molecule has 0 saturated heterocycles. The molecule has 0 radical (unpaired) electrons.